The molecule has 0 aliphatic carbocycles. The molecule has 3 aromatic carbocycles. The third-order valence-corrected chi connectivity index (χ3v) is 4.01. The lowest BCUT2D eigenvalue weighted by atomic mass is 10.0. The van der Waals surface area contributed by atoms with Crippen molar-refractivity contribution in [2.45, 2.75) is 6.42 Å². The van der Waals surface area contributed by atoms with Gasteiger partial charge in [-0.25, -0.2) is 4.79 Å². The third-order valence-electron chi connectivity index (χ3n) is 3.70. The average molecular weight is 369 g/mol. The highest BCUT2D eigenvalue weighted by molar-refractivity contribution is 6.32. The van der Waals surface area contributed by atoms with Crippen LogP contribution in [0.5, 0.6) is 5.75 Å². The quantitative estimate of drug-likeness (QED) is 0.309. The van der Waals surface area contributed by atoms with Crippen LogP contribution < -0.4 is 10.5 Å². The Kier molecular flexibility index (Phi) is 5.71. The number of halogens is 1. The topological polar surface area (TPSA) is 73.9 Å². The van der Waals surface area contributed by atoms with Gasteiger partial charge >= 0.3 is 5.97 Å². The van der Waals surface area contributed by atoms with E-state index in [-0.39, 0.29) is 12.4 Å². The van der Waals surface area contributed by atoms with Gasteiger partial charge in [-0.2, -0.15) is 0 Å². The minimum atomic E-state index is -0.661. The summed E-state index contributed by atoms with van der Waals surface area (Å²) in [5.74, 6) is -0.0583. The van der Waals surface area contributed by atoms with E-state index >= 15 is 0 Å². The number of nitrogens with zero attached hydrogens (tertiary/aromatic N) is 1. The molecule has 0 radical (unpaired) electrons. The van der Waals surface area contributed by atoms with Crippen LogP contribution in [0, 0.1) is 0 Å². The van der Waals surface area contributed by atoms with Gasteiger partial charge in [-0.05, 0) is 28.5 Å². The van der Waals surface area contributed by atoms with Crippen molar-refractivity contribution >= 4 is 34.2 Å². The van der Waals surface area contributed by atoms with Crippen LogP contribution in [0.25, 0.3) is 10.8 Å². The summed E-state index contributed by atoms with van der Waals surface area (Å²) in [5, 5.41) is 6.31. The number of rotatable bonds is 6. The Balaban J connectivity index is 1.58. The molecule has 0 aliphatic rings. The Morgan fingerprint density at radius 1 is 1.00 bits per heavy atom. The van der Waals surface area contributed by atoms with Crippen LogP contribution in [-0.4, -0.2) is 18.4 Å². The molecule has 26 heavy (non-hydrogen) atoms. The van der Waals surface area contributed by atoms with E-state index in [1.807, 2.05) is 42.5 Å². The van der Waals surface area contributed by atoms with E-state index in [1.54, 1.807) is 24.3 Å². The van der Waals surface area contributed by atoms with Gasteiger partial charge in [0.05, 0.1) is 5.02 Å². The zero-order chi connectivity index (χ0) is 18.4. The summed E-state index contributed by atoms with van der Waals surface area (Å²) in [4.78, 5) is 16.5. The van der Waals surface area contributed by atoms with E-state index in [4.69, 9.17) is 26.9 Å². The van der Waals surface area contributed by atoms with E-state index in [0.29, 0.717) is 17.2 Å². The molecule has 5 nitrogen and oxygen atoms in total. The van der Waals surface area contributed by atoms with Crippen molar-refractivity contribution in [2.24, 2.45) is 10.9 Å². The summed E-state index contributed by atoms with van der Waals surface area (Å²) in [6, 6.07) is 20.8. The minimum absolute atomic E-state index is 0.201. The fraction of sp³-hybridized carbons (Fsp3) is 0.100. The van der Waals surface area contributed by atoms with Crippen LogP contribution in [0.2, 0.25) is 5.02 Å². The molecule has 0 aromatic heterocycles. The van der Waals surface area contributed by atoms with Gasteiger partial charge in [0.15, 0.2) is 6.61 Å². The number of hydrogen-bond donors (Lipinski definition) is 1. The predicted molar refractivity (Wildman–Crippen MR) is 102 cm³/mol. The normalized spacial score (nSPS) is 11.3. The highest BCUT2D eigenvalue weighted by Crippen LogP contribution is 2.23. The number of oxime groups is 1. The average Bonchev–Trinajstić information content (AvgIpc) is 2.66. The molecule has 0 bridgehead atoms. The lowest BCUT2D eigenvalue weighted by Gasteiger charge is -2.07. The number of carbonyl (C=O) groups excluding carboxylic acids is 1. The van der Waals surface area contributed by atoms with Gasteiger partial charge in [-0.1, -0.05) is 71.4 Å². The molecule has 2 N–H and O–H groups in total. The summed E-state index contributed by atoms with van der Waals surface area (Å²) in [5.41, 5.74) is 6.89. The van der Waals surface area contributed by atoms with Gasteiger partial charge < -0.3 is 15.3 Å². The number of hydrogen-bond acceptors (Lipinski definition) is 4. The number of amidine groups is 1. The number of carbonyl (C=O) groups is 1. The zero-order valence-electron chi connectivity index (χ0n) is 13.9. The van der Waals surface area contributed by atoms with Crippen molar-refractivity contribution in [3.8, 4) is 5.75 Å². The van der Waals surface area contributed by atoms with E-state index < -0.39 is 5.97 Å². The first-order valence-corrected chi connectivity index (χ1v) is 8.37. The first-order chi connectivity index (χ1) is 12.6. The highest BCUT2D eigenvalue weighted by atomic mass is 35.5. The summed E-state index contributed by atoms with van der Waals surface area (Å²) < 4.78 is 5.29. The molecule has 132 valence electrons. The highest BCUT2D eigenvalue weighted by Gasteiger charge is 2.08. The van der Waals surface area contributed by atoms with Crippen LogP contribution in [0.4, 0.5) is 0 Å². The van der Waals surface area contributed by atoms with Gasteiger partial charge in [-0.15, -0.1) is 0 Å². The molecule has 0 saturated heterocycles. The predicted octanol–water partition coefficient (Wildman–Crippen LogP) is 3.93. The Morgan fingerprint density at radius 3 is 2.58 bits per heavy atom. The van der Waals surface area contributed by atoms with Crippen molar-refractivity contribution in [3.63, 3.8) is 0 Å². The lowest BCUT2D eigenvalue weighted by molar-refractivity contribution is -0.146. The molecule has 0 unspecified atom stereocenters. The summed E-state index contributed by atoms with van der Waals surface area (Å²) >= 11 is 5.95. The maximum absolute atomic E-state index is 11.7. The second kappa shape index (κ2) is 8.36. The van der Waals surface area contributed by atoms with Gasteiger partial charge in [0.25, 0.3) is 0 Å². The van der Waals surface area contributed by atoms with Crippen molar-refractivity contribution in [2.75, 3.05) is 6.61 Å². The lowest BCUT2D eigenvalue weighted by Crippen LogP contribution is -2.19. The number of ether oxygens (including phenoxy) is 1. The number of benzene rings is 3. The van der Waals surface area contributed by atoms with Gasteiger partial charge in [0.1, 0.15) is 11.6 Å². The standard InChI is InChI=1S/C20H17ClN2O3/c21-17-10-3-4-11-18(17)25-13-20(24)26-23-19(22)12-15-8-5-7-14-6-1-2-9-16(14)15/h1-11H,12-13H2,(H2,22,23). The maximum atomic E-state index is 11.7. The van der Waals surface area contributed by atoms with E-state index in [9.17, 15) is 4.79 Å². The van der Waals surface area contributed by atoms with Crippen LogP contribution in [0.3, 0.4) is 0 Å². The van der Waals surface area contributed by atoms with E-state index in [0.717, 1.165) is 16.3 Å². The zero-order valence-corrected chi connectivity index (χ0v) is 14.6. The molecule has 3 rings (SSSR count). The molecule has 6 heteroatoms. The van der Waals surface area contributed by atoms with E-state index in [2.05, 4.69) is 5.16 Å². The van der Waals surface area contributed by atoms with Crippen molar-refractivity contribution in [1.82, 2.24) is 0 Å². The van der Waals surface area contributed by atoms with Crippen LogP contribution in [0.15, 0.2) is 71.9 Å². The smallest absolute Gasteiger partial charge is 0.372 e. The molecular formula is C20H17ClN2O3. The van der Waals surface area contributed by atoms with Crippen LogP contribution >= 0.6 is 11.6 Å². The Hall–Kier alpha value is -3.05. The number of fused-ring (bicyclic) bond motifs is 1. The SMILES string of the molecule is NC(Cc1cccc2ccccc12)=NOC(=O)COc1ccccc1Cl. The van der Waals surface area contributed by atoms with Crippen LogP contribution in [0.1, 0.15) is 5.56 Å². The Morgan fingerprint density at radius 2 is 1.73 bits per heavy atom. The molecule has 0 amide bonds. The minimum Gasteiger partial charge on any atom is -0.480 e. The molecule has 0 fully saturated rings. The largest absolute Gasteiger partial charge is 0.480 e. The molecule has 0 saturated carbocycles. The summed E-state index contributed by atoms with van der Waals surface area (Å²) in [6.07, 6.45) is 0.375. The van der Waals surface area contributed by atoms with Crippen molar-refractivity contribution in [1.29, 1.82) is 0 Å². The Bertz CT molecular complexity index is 951. The molecule has 0 atom stereocenters. The molecule has 0 aliphatic heterocycles. The molecular weight excluding hydrogens is 352 g/mol. The van der Waals surface area contributed by atoms with E-state index in [1.165, 1.54) is 0 Å². The molecule has 3 aromatic rings. The van der Waals surface area contributed by atoms with Gasteiger partial charge in [0, 0.05) is 6.42 Å². The summed E-state index contributed by atoms with van der Waals surface area (Å²) in [6.45, 7) is -0.311. The second-order valence-corrected chi connectivity index (χ2v) is 5.99. The maximum Gasteiger partial charge on any atom is 0.372 e. The second-order valence-electron chi connectivity index (χ2n) is 5.58. The third kappa shape index (κ3) is 4.52. The fourth-order valence-electron chi connectivity index (χ4n) is 2.51. The monoisotopic (exact) mass is 368 g/mol. The molecule has 0 heterocycles. The first-order valence-electron chi connectivity index (χ1n) is 7.99. The van der Waals surface area contributed by atoms with Crippen molar-refractivity contribution in [3.05, 3.63) is 77.3 Å². The van der Waals surface area contributed by atoms with Gasteiger partial charge in [0.2, 0.25) is 0 Å². The van der Waals surface area contributed by atoms with Crippen molar-refractivity contribution < 1.29 is 14.4 Å². The summed E-state index contributed by atoms with van der Waals surface area (Å²) in [7, 11) is 0. The molecule has 0 spiro atoms. The Labute approximate surface area is 156 Å². The number of nitrogens with two attached hydrogens (primary N) is 1. The van der Waals surface area contributed by atoms with Crippen LogP contribution in [-0.2, 0) is 16.1 Å². The van der Waals surface area contributed by atoms with Gasteiger partial charge in [-0.3, -0.25) is 0 Å². The first kappa shape index (κ1) is 17.8. The fourth-order valence-corrected chi connectivity index (χ4v) is 2.70. The number of para-hydroxylation sites is 1.